The molecule has 1 fully saturated rings. The van der Waals surface area contributed by atoms with Crippen molar-refractivity contribution in [2.45, 2.75) is 38.1 Å². The number of hydrogen-bond donors (Lipinski definition) is 0. The number of hydrogen-bond acceptors (Lipinski definition) is 4. The van der Waals surface area contributed by atoms with Gasteiger partial charge in [0.25, 0.3) is 5.91 Å². The zero-order chi connectivity index (χ0) is 23.3. The van der Waals surface area contributed by atoms with Gasteiger partial charge in [-0.05, 0) is 54.7 Å². The van der Waals surface area contributed by atoms with E-state index in [0.717, 1.165) is 41.8 Å². The number of piperidine rings is 1. The number of halogens is 1. The second kappa shape index (κ2) is 10.00. The van der Waals surface area contributed by atoms with Crippen LogP contribution in [0.3, 0.4) is 0 Å². The van der Waals surface area contributed by atoms with Crippen LogP contribution in [0.4, 0.5) is 4.39 Å². The van der Waals surface area contributed by atoms with Crippen LogP contribution in [-0.2, 0) is 12.8 Å². The zero-order valence-electron chi connectivity index (χ0n) is 18.9. The van der Waals surface area contributed by atoms with E-state index in [-0.39, 0.29) is 17.8 Å². The van der Waals surface area contributed by atoms with Gasteiger partial charge in [-0.2, -0.15) is 0 Å². The van der Waals surface area contributed by atoms with Crippen molar-refractivity contribution in [2.75, 3.05) is 6.54 Å². The third-order valence-corrected chi connectivity index (χ3v) is 6.18. The van der Waals surface area contributed by atoms with E-state index in [4.69, 9.17) is 4.42 Å². The standard InChI is InChI=1S/C28H26FN3O2/c29-23-10-6-9-21(15-23)16-24-18-22(12-13-30-24)28(33)32-14-5-4-11-26(32)27-31-19-25(34-27)17-20-7-2-1-3-8-20/h1-3,6-10,12-13,15,18-19,26H,4-5,11,14,16-17H2/t26-/m1/s1. The molecule has 0 radical (unpaired) electrons. The molecule has 6 heteroatoms. The van der Waals surface area contributed by atoms with Crippen LogP contribution in [0.1, 0.15) is 64.1 Å². The van der Waals surface area contributed by atoms with Crippen LogP contribution in [0, 0.1) is 5.82 Å². The summed E-state index contributed by atoms with van der Waals surface area (Å²) in [7, 11) is 0. The molecular formula is C28H26FN3O2. The number of pyridine rings is 1. The molecule has 0 aliphatic carbocycles. The Hall–Kier alpha value is -3.80. The summed E-state index contributed by atoms with van der Waals surface area (Å²) in [5.74, 6) is 1.04. The van der Waals surface area contributed by atoms with Gasteiger partial charge in [0.1, 0.15) is 17.6 Å². The molecule has 34 heavy (non-hydrogen) atoms. The van der Waals surface area contributed by atoms with Crippen molar-refractivity contribution < 1.29 is 13.6 Å². The fourth-order valence-electron chi connectivity index (χ4n) is 4.52. The topological polar surface area (TPSA) is 59.2 Å². The molecule has 2 aromatic carbocycles. The van der Waals surface area contributed by atoms with Crippen molar-refractivity contribution in [1.29, 1.82) is 0 Å². The summed E-state index contributed by atoms with van der Waals surface area (Å²) in [6, 6.07) is 19.9. The number of rotatable bonds is 6. The minimum atomic E-state index is -0.279. The highest BCUT2D eigenvalue weighted by Gasteiger charge is 2.32. The van der Waals surface area contributed by atoms with Crippen LogP contribution in [0.5, 0.6) is 0 Å². The minimum absolute atomic E-state index is 0.0598. The molecule has 1 aliphatic heterocycles. The number of likely N-dealkylation sites (tertiary alicyclic amines) is 1. The molecule has 1 atom stereocenters. The highest BCUT2D eigenvalue weighted by Crippen LogP contribution is 2.32. The minimum Gasteiger partial charge on any atom is -0.443 e. The monoisotopic (exact) mass is 455 g/mol. The van der Waals surface area contributed by atoms with Gasteiger partial charge in [0.15, 0.2) is 0 Å². The van der Waals surface area contributed by atoms with E-state index in [2.05, 4.69) is 22.1 Å². The SMILES string of the molecule is O=C(c1ccnc(Cc2cccc(F)c2)c1)N1CCCC[C@@H]1c1ncc(Cc2ccccc2)o1. The Morgan fingerprint density at radius 1 is 0.971 bits per heavy atom. The van der Waals surface area contributed by atoms with E-state index in [1.165, 1.54) is 12.1 Å². The largest absolute Gasteiger partial charge is 0.443 e. The van der Waals surface area contributed by atoms with E-state index < -0.39 is 0 Å². The third kappa shape index (κ3) is 5.06. The van der Waals surface area contributed by atoms with E-state index >= 15 is 0 Å². The second-order valence-corrected chi connectivity index (χ2v) is 8.68. The van der Waals surface area contributed by atoms with Gasteiger partial charge in [0.2, 0.25) is 5.89 Å². The molecule has 1 aliphatic rings. The van der Waals surface area contributed by atoms with Gasteiger partial charge < -0.3 is 9.32 Å². The van der Waals surface area contributed by atoms with Gasteiger partial charge in [-0.1, -0.05) is 42.5 Å². The van der Waals surface area contributed by atoms with E-state index in [1.807, 2.05) is 29.2 Å². The predicted octanol–water partition coefficient (Wildman–Crippen LogP) is 5.76. The molecule has 0 N–H and O–H groups in total. The summed E-state index contributed by atoms with van der Waals surface area (Å²) < 4.78 is 19.7. The Bertz CT molecular complexity index is 1270. The van der Waals surface area contributed by atoms with Crippen molar-refractivity contribution in [2.24, 2.45) is 0 Å². The molecular weight excluding hydrogens is 429 g/mol. The first kappa shape index (κ1) is 22.0. The number of carbonyl (C=O) groups excluding carboxylic acids is 1. The average Bonchev–Trinajstić information content (AvgIpc) is 3.33. The molecule has 172 valence electrons. The van der Waals surface area contributed by atoms with E-state index in [1.54, 1.807) is 30.6 Å². The molecule has 2 aromatic heterocycles. The fraction of sp³-hybridized carbons (Fsp3) is 0.250. The van der Waals surface area contributed by atoms with Gasteiger partial charge in [0.05, 0.1) is 6.20 Å². The summed E-state index contributed by atoms with van der Waals surface area (Å²) in [5.41, 5.74) is 3.28. The number of carbonyl (C=O) groups is 1. The molecule has 0 saturated carbocycles. The second-order valence-electron chi connectivity index (χ2n) is 8.68. The van der Waals surface area contributed by atoms with Crippen LogP contribution in [0.15, 0.2) is 83.5 Å². The average molecular weight is 456 g/mol. The summed E-state index contributed by atoms with van der Waals surface area (Å²) in [5, 5.41) is 0. The quantitative estimate of drug-likeness (QED) is 0.371. The molecule has 0 bridgehead atoms. The number of aromatic nitrogens is 2. The van der Waals surface area contributed by atoms with Crippen LogP contribution in [-0.4, -0.2) is 27.3 Å². The maximum atomic E-state index is 13.6. The molecule has 5 rings (SSSR count). The summed E-state index contributed by atoms with van der Waals surface area (Å²) in [6.45, 7) is 0.654. The Labute approximate surface area is 198 Å². The number of amides is 1. The summed E-state index contributed by atoms with van der Waals surface area (Å²) in [4.78, 5) is 24.3. The molecule has 0 unspecified atom stereocenters. The van der Waals surface area contributed by atoms with Crippen LogP contribution in [0.25, 0.3) is 0 Å². The predicted molar refractivity (Wildman–Crippen MR) is 127 cm³/mol. The first-order chi connectivity index (χ1) is 16.7. The molecule has 1 amide bonds. The normalized spacial score (nSPS) is 15.9. The summed E-state index contributed by atoms with van der Waals surface area (Å²) >= 11 is 0. The lowest BCUT2D eigenvalue weighted by Crippen LogP contribution is -2.38. The van der Waals surface area contributed by atoms with Gasteiger partial charge in [-0.3, -0.25) is 9.78 Å². The lowest BCUT2D eigenvalue weighted by molar-refractivity contribution is 0.0570. The first-order valence-electron chi connectivity index (χ1n) is 11.6. The van der Waals surface area contributed by atoms with E-state index in [0.29, 0.717) is 30.8 Å². The Morgan fingerprint density at radius 2 is 1.82 bits per heavy atom. The molecule has 1 saturated heterocycles. The lowest BCUT2D eigenvalue weighted by atomic mass is 10.0. The van der Waals surface area contributed by atoms with Crippen molar-refractivity contribution in [1.82, 2.24) is 14.9 Å². The summed E-state index contributed by atoms with van der Waals surface area (Å²) in [6.07, 6.45) is 7.32. The molecule has 4 aromatic rings. The van der Waals surface area contributed by atoms with Gasteiger partial charge in [-0.25, -0.2) is 9.37 Å². The highest BCUT2D eigenvalue weighted by atomic mass is 19.1. The number of oxazole rings is 1. The highest BCUT2D eigenvalue weighted by molar-refractivity contribution is 5.94. The van der Waals surface area contributed by atoms with Crippen LogP contribution < -0.4 is 0 Å². The van der Waals surface area contributed by atoms with Gasteiger partial charge in [-0.15, -0.1) is 0 Å². The fourth-order valence-corrected chi connectivity index (χ4v) is 4.52. The zero-order valence-corrected chi connectivity index (χ0v) is 18.9. The smallest absolute Gasteiger partial charge is 0.254 e. The third-order valence-electron chi connectivity index (χ3n) is 6.18. The Kier molecular flexibility index (Phi) is 6.47. The maximum Gasteiger partial charge on any atom is 0.254 e. The van der Waals surface area contributed by atoms with E-state index in [9.17, 15) is 9.18 Å². The lowest BCUT2D eigenvalue weighted by Gasteiger charge is -2.34. The Morgan fingerprint density at radius 3 is 2.68 bits per heavy atom. The molecule has 3 heterocycles. The van der Waals surface area contributed by atoms with Gasteiger partial charge in [0, 0.05) is 36.8 Å². The first-order valence-corrected chi connectivity index (χ1v) is 11.6. The van der Waals surface area contributed by atoms with Crippen LogP contribution in [0.2, 0.25) is 0 Å². The Balaban J connectivity index is 1.34. The van der Waals surface area contributed by atoms with Crippen LogP contribution >= 0.6 is 0 Å². The maximum absolute atomic E-state index is 13.6. The molecule has 5 nitrogen and oxygen atoms in total. The van der Waals surface area contributed by atoms with Crippen molar-refractivity contribution >= 4 is 5.91 Å². The number of nitrogens with zero attached hydrogens (tertiary/aromatic N) is 3. The number of benzene rings is 2. The van der Waals surface area contributed by atoms with Crippen molar-refractivity contribution in [3.8, 4) is 0 Å². The van der Waals surface area contributed by atoms with Crippen molar-refractivity contribution in [3.63, 3.8) is 0 Å². The van der Waals surface area contributed by atoms with Gasteiger partial charge >= 0.3 is 0 Å². The van der Waals surface area contributed by atoms with Crippen molar-refractivity contribution in [3.05, 3.63) is 119 Å². The molecule has 0 spiro atoms.